The zero-order chi connectivity index (χ0) is 9.26. The number of aromatic nitrogens is 5. The van der Waals surface area contributed by atoms with Gasteiger partial charge in [-0.3, -0.25) is 0 Å². The van der Waals surface area contributed by atoms with E-state index in [0.717, 1.165) is 10.6 Å². The molecular weight excluding hydrogens is 188 g/mol. The Balaban J connectivity index is 2.24. The highest BCUT2D eigenvalue weighted by molar-refractivity contribution is 7.09. The molecule has 0 unspecified atom stereocenters. The van der Waals surface area contributed by atoms with Crippen molar-refractivity contribution in [2.75, 3.05) is 5.73 Å². The SMILES string of the molecule is Cc1ncsc1Cn1nnnc1N. The second kappa shape index (κ2) is 3.09. The van der Waals surface area contributed by atoms with Gasteiger partial charge in [0.2, 0.25) is 5.95 Å². The molecule has 2 rings (SSSR count). The molecule has 0 saturated heterocycles. The number of aryl methyl sites for hydroxylation is 1. The molecule has 68 valence electrons. The van der Waals surface area contributed by atoms with Crippen LogP contribution < -0.4 is 5.73 Å². The van der Waals surface area contributed by atoms with Gasteiger partial charge < -0.3 is 5.73 Å². The average Bonchev–Trinajstić information content (AvgIpc) is 2.65. The van der Waals surface area contributed by atoms with Crippen molar-refractivity contribution in [2.45, 2.75) is 13.5 Å². The minimum Gasteiger partial charge on any atom is -0.367 e. The molecule has 13 heavy (non-hydrogen) atoms. The number of nitrogens with two attached hydrogens (primary N) is 1. The molecule has 0 amide bonds. The van der Waals surface area contributed by atoms with Crippen LogP contribution in [0.15, 0.2) is 5.51 Å². The summed E-state index contributed by atoms with van der Waals surface area (Å²) in [6, 6.07) is 0. The molecule has 0 aromatic carbocycles. The molecule has 2 aromatic rings. The third-order valence-corrected chi connectivity index (χ3v) is 2.62. The lowest BCUT2D eigenvalue weighted by Gasteiger charge is -1.98. The molecular formula is C6H8N6S. The van der Waals surface area contributed by atoms with Crippen molar-refractivity contribution in [1.29, 1.82) is 0 Å². The van der Waals surface area contributed by atoms with Gasteiger partial charge in [0, 0.05) is 4.88 Å². The van der Waals surface area contributed by atoms with Crippen molar-refractivity contribution in [3.05, 3.63) is 16.1 Å². The fourth-order valence-corrected chi connectivity index (χ4v) is 1.70. The molecule has 0 aliphatic carbocycles. The average molecular weight is 196 g/mol. The molecule has 7 heteroatoms. The van der Waals surface area contributed by atoms with Gasteiger partial charge in [-0.1, -0.05) is 5.10 Å². The van der Waals surface area contributed by atoms with Crippen molar-refractivity contribution < 1.29 is 0 Å². The van der Waals surface area contributed by atoms with Crippen LogP contribution in [0, 0.1) is 6.92 Å². The monoisotopic (exact) mass is 196 g/mol. The van der Waals surface area contributed by atoms with Crippen LogP contribution in [0.3, 0.4) is 0 Å². The van der Waals surface area contributed by atoms with E-state index < -0.39 is 0 Å². The van der Waals surface area contributed by atoms with Crippen LogP contribution in [0.1, 0.15) is 10.6 Å². The molecule has 0 aliphatic heterocycles. The Morgan fingerprint density at radius 2 is 2.46 bits per heavy atom. The maximum atomic E-state index is 5.52. The van der Waals surface area contributed by atoms with E-state index in [4.69, 9.17) is 5.73 Å². The third kappa shape index (κ3) is 1.50. The van der Waals surface area contributed by atoms with Crippen LogP contribution in [-0.4, -0.2) is 25.2 Å². The van der Waals surface area contributed by atoms with Gasteiger partial charge in [-0.2, -0.15) is 0 Å². The third-order valence-electron chi connectivity index (χ3n) is 1.70. The summed E-state index contributed by atoms with van der Waals surface area (Å²) in [5, 5.41) is 10.8. The van der Waals surface area contributed by atoms with E-state index in [-0.39, 0.29) is 0 Å². The highest BCUT2D eigenvalue weighted by Gasteiger charge is 2.06. The number of hydrogen-bond donors (Lipinski definition) is 1. The first-order valence-corrected chi connectivity index (χ1v) is 4.56. The summed E-state index contributed by atoms with van der Waals surface area (Å²) >= 11 is 1.57. The first-order chi connectivity index (χ1) is 6.27. The van der Waals surface area contributed by atoms with Crippen molar-refractivity contribution >= 4 is 17.3 Å². The lowest BCUT2D eigenvalue weighted by molar-refractivity contribution is 0.658. The number of rotatable bonds is 2. The Hall–Kier alpha value is -1.50. The highest BCUT2D eigenvalue weighted by Crippen LogP contribution is 2.13. The molecule has 0 radical (unpaired) electrons. The zero-order valence-corrected chi connectivity index (χ0v) is 7.82. The summed E-state index contributed by atoms with van der Waals surface area (Å²) in [6.45, 7) is 2.54. The summed E-state index contributed by atoms with van der Waals surface area (Å²) in [6.07, 6.45) is 0. The van der Waals surface area contributed by atoms with Crippen LogP contribution in [0.4, 0.5) is 5.95 Å². The van der Waals surface area contributed by atoms with Crippen LogP contribution >= 0.6 is 11.3 Å². The standard InChI is InChI=1S/C6H8N6S/c1-4-5(13-3-8-4)2-12-6(7)9-10-11-12/h3H,2H2,1H3,(H2,7,9,11). The molecule has 0 saturated carbocycles. The smallest absolute Gasteiger partial charge is 0.240 e. The van der Waals surface area contributed by atoms with Gasteiger partial charge in [-0.25, -0.2) is 9.67 Å². The second-order valence-corrected chi connectivity index (χ2v) is 3.49. The number of nitrogen functional groups attached to an aromatic ring is 1. The van der Waals surface area contributed by atoms with Gasteiger partial charge in [0.1, 0.15) is 0 Å². The summed E-state index contributed by atoms with van der Waals surface area (Å²) in [5.41, 5.74) is 8.32. The molecule has 2 heterocycles. The molecule has 2 aromatic heterocycles. The molecule has 2 N–H and O–H groups in total. The number of hydrogen-bond acceptors (Lipinski definition) is 6. The summed E-state index contributed by atoms with van der Waals surface area (Å²) in [4.78, 5) is 5.25. The lowest BCUT2D eigenvalue weighted by atomic mass is 10.4. The predicted molar refractivity (Wildman–Crippen MR) is 48.2 cm³/mol. The Labute approximate surface area is 78.4 Å². The van der Waals surface area contributed by atoms with E-state index in [1.54, 1.807) is 21.5 Å². The Morgan fingerprint density at radius 3 is 3.00 bits per heavy atom. The van der Waals surface area contributed by atoms with Gasteiger partial charge in [0.05, 0.1) is 17.7 Å². The molecule has 0 spiro atoms. The quantitative estimate of drug-likeness (QED) is 0.734. The Bertz CT molecular complexity index is 366. The topological polar surface area (TPSA) is 82.5 Å². The molecule has 6 nitrogen and oxygen atoms in total. The first kappa shape index (κ1) is 8.11. The molecule has 0 bridgehead atoms. The van der Waals surface area contributed by atoms with E-state index >= 15 is 0 Å². The summed E-state index contributed by atoms with van der Waals surface area (Å²) < 4.78 is 1.54. The fraction of sp³-hybridized carbons (Fsp3) is 0.333. The minimum absolute atomic E-state index is 0.327. The number of anilines is 1. The van der Waals surface area contributed by atoms with Crippen molar-refractivity contribution in [3.8, 4) is 0 Å². The molecule has 0 fully saturated rings. The van der Waals surface area contributed by atoms with E-state index in [9.17, 15) is 0 Å². The van der Waals surface area contributed by atoms with Crippen LogP contribution in [0.25, 0.3) is 0 Å². The van der Waals surface area contributed by atoms with E-state index in [1.807, 2.05) is 6.92 Å². The Kier molecular flexibility index (Phi) is 1.93. The largest absolute Gasteiger partial charge is 0.367 e. The fourth-order valence-electron chi connectivity index (χ4n) is 0.938. The summed E-state index contributed by atoms with van der Waals surface area (Å²) in [5.74, 6) is 0.327. The van der Waals surface area contributed by atoms with Crippen LogP contribution in [-0.2, 0) is 6.54 Å². The van der Waals surface area contributed by atoms with Gasteiger partial charge in [0.25, 0.3) is 0 Å². The maximum Gasteiger partial charge on any atom is 0.240 e. The number of thiazole rings is 1. The van der Waals surface area contributed by atoms with Gasteiger partial charge in [0.15, 0.2) is 0 Å². The minimum atomic E-state index is 0.327. The summed E-state index contributed by atoms with van der Waals surface area (Å²) in [7, 11) is 0. The van der Waals surface area contributed by atoms with Crippen LogP contribution in [0.2, 0.25) is 0 Å². The van der Waals surface area contributed by atoms with Gasteiger partial charge >= 0.3 is 0 Å². The van der Waals surface area contributed by atoms with Crippen molar-refractivity contribution in [2.24, 2.45) is 0 Å². The number of nitrogens with zero attached hydrogens (tertiary/aromatic N) is 5. The van der Waals surface area contributed by atoms with Crippen LogP contribution in [0.5, 0.6) is 0 Å². The highest BCUT2D eigenvalue weighted by atomic mass is 32.1. The predicted octanol–water partition coefficient (Wildman–Crippen LogP) is 0.0685. The first-order valence-electron chi connectivity index (χ1n) is 3.68. The normalized spacial score (nSPS) is 10.5. The van der Waals surface area contributed by atoms with Crippen molar-refractivity contribution in [1.82, 2.24) is 25.2 Å². The van der Waals surface area contributed by atoms with Crippen molar-refractivity contribution in [3.63, 3.8) is 0 Å². The molecule has 0 aliphatic rings. The van der Waals surface area contributed by atoms with Gasteiger partial charge in [-0.15, -0.1) is 11.3 Å². The second-order valence-electron chi connectivity index (χ2n) is 2.56. The maximum absolute atomic E-state index is 5.52. The molecule has 0 atom stereocenters. The van der Waals surface area contributed by atoms with E-state index in [1.165, 1.54) is 0 Å². The van der Waals surface area contributed by atoms with Gasteiger partial charge in [-0.05, 0) is 17.4 Å². The zero-order valence-electron chi connectivity index (χ0n) is 7.01. The number of tetrazole rings is 1. The van der Waals surface area contributed by atoms with E-state index in [0.29, 0.717) is 12.5 Å². The Morgan fingerprint density at radius 1 is 1.62 bits per heavy atom. The lowest BCUT2D eigenvalue weighted by Crippen LogP contribution is -2.06. The van der Waals surface area contributed by atoms with E-state index in [2.05, 4.69) is 20.5 Å².